The summed E-state index contributed by atoms with van der Waals surface area (Å²) in [5.74, 6) is 4.99. The third-order valence-electron chi connectivity index (χ3n) is 2.53. The highest BCUT2D eigenvalue weighted by molar-refractivity contribution is 5.74. The number of carbonyl (C=O) groups is 1. The molecule has 0 atom stereocenters. The lowest BCUT2D eigenvalue weighted by Crippen LogP contribution is -2.28. The van der Waals surface area contributed by atoms with Crippen molar-refractivity contribution >= 4 is 5.91 Å². The maximum atomic E-state index is 9.94. The van der Waals surface area contributed by atoms with Crippen molar-refractivity contribution in [1.82, 2.24) is 5.43 Å². The van der Waals surface area contributed by atoms with Gasteiger partial charge in [-0.3, -0.25) is 10.2 Å². The van der Waals surface area contributed by atoms with Gasteiger partial charge in [0, 0.05) is 6.42 Å². The van der Waals surface area contributed by atoms with Crippen molar-refractivity contribution in [2.75, 3.05) is 0 Å². The van der Waals surface area contributed by atoms with E-state index in [4.69, 9.17) is 0 Å². The molecule has 0 aliphatic carbocycles. The molecule has 0 aliphatic heterocycles. The summed E-state index contributed by atoms with van der Waals surface area (Å²) in [4.78, 5) is 9.94. The Kier molecular flexibility index (Phi) is 6.41. The van der Waals surface area contributed by atoms with Crippen molar-refractivity contribution < 1.29 is 9.90 Å². The van der Waals surface area contributed by atoms with Gasteiger partial charge in [0.2, 0.25) is 5.91 Å². The number of amides is 1. The SMILES string of the molecule is CCC(=O)NN.Cc1cccc(C(C)(C)C)c1O. The number of hydrogen-bond acceptors (Lipinski definition) is 3. The monoisotopic (exact) mass is 252 g/mol. The van der Waals surface area contributed by atoms with Crippen LogP contribution in [0.15, 0.2) is 18.2 Å². The Balaban J connectivity index is 0.000000411. The molecule has 1 aromatic rings. The molecule has 4 N–H and O–H groups in total. The quantitative estimate of drug-likeness (QED) is 0.408. The lowest BCUT2D eigenvalue weighted by molar-refractivity contribution is -0.120. The molecule has 102 valence electrons. The van der Waals surface area contributed by atoms with Crippen LogP contribution in [0.4, 0.5) is 0 Å². The van der Waals surface area contributed by atoms with Crippen LogP contribution in [0, 0.1) is 6.92 Å². The van der Waals surface area contributed by atoms with Crippen molar-refractivity contribution in [3.63, 3.8) is 0 Å². The van der Waals surface area contributed by atoms with Crippen LogP contribution in [0.2, 0.25) is 0 Å². The van der Waals surface area contributed by atoms with Gasteiger partial charge in [-0.15, -0.1) is 0 Å². The third-order valence-corrected chi connectivity index (χ3v) is 2.53. The highest BCUT2D eigenvalue weighted by Gasteiger charge is 2.18. The van der Waals surface area contributed by atoms with Gasteiger partial charge >= 0.3 is 0 Å². The lowest BCUT2D eigenvalue weighted by Gasteiger charge is -2.20. The Morgan fingerprint density at radius 1 is 1.39 bits per heavy atom. The maximum absolute atomic E-state index is 9.94. The molecule has 18 heavy (non-hydrogen) atoms. The molecule has 0 unspecified atom stereocenters. The van der Waals surface area contributed by atoms with Crippen LogP contribution < -0.4 is 11.3 Å². The first kappa shape index (κ1) is 16.4. The molecule has 0 bridgehead atoms. The highest BCUT2D eigenvalue weighted by atomic mass is 16.3. The molecule has 0 heterocycles. The molecule has 0 saturated heterocycles. The van der Waals surface area contributed by atoms with Crippen molar-refractivity contribution in [2.24, 2.45) is 5.84 Å². The Morgan fingerprint density at radius 3 is 2.22 bits per heavy atom. The number of aromatic hydroxyl groups is 1. The number of nitrogens with one attached hydrogen (secondary N) is 1. The second-order valence-corrected chi connectivity index (χ2v) is 5.14. The van der Waals surface area contributed by atoms with Gasteiger partial charge in [-0.2, -0.15) is 0 Å². The minimum Gasteiger partial charge on any atom is -0.507 e. The van der Waals surface area contributed by atoms with Crippen LogP contribution in [0.3, 0.4) is 0 Å². The van der Waals surface area contributed by atoms with Crippen LogP contribution in [-0.2, 0) is 10.2 Å². The van der Waals surface area contributed by atoms with Gasteiger partial charge in [0.1, 0.15) is 5.75 Å². The summed E-state index contributed by atoms with van der Waals surface area (Å²) in [7, 11) is 0. The number of phenols is 1. The Bertz CT molecular complexity index is 389. The van der Waals surface area contributed by atoms with E-state index in [0.717, 1.165) is 11.1 Å². The summed E-state index contributed by atoms with van der Waals surface area (Å²) < 4.78 is 0. The molecule has 4 heteroatoms. The second kappa shape index (κ2) is 7.01. The van der Waals surface area contributed by atoms with E-state index in [2.05, 4.69) is 26.6 Å². The van der Waals surface area contributed by atoms with Gasteiger partial charge in [-0.1, -0.05) is 45.9 Å². The first-order chi connectivity index (χ1) is 8.23. The molecular formula is C14H24N2O2. The molecule has 0 aromatic heterocycles. The smallest absolute Gasteiger partial charge is 0.233 e. The van der Waals surface area contributed by atoms with Crippen LogP contribution in [0.5, 0.6) is 5.75 Å². The summed E-state index contributed by atoms with van der Waals surface area (Å²) in [5, 5.41) is 9.73. The Hall–Kier alpha value is -1.55. The fraction of sp³-hybridized carbons (Fsp3) is 0.500. The second-order valence-electron chi connectivity index (χ2n) is 5.14. The zero-order valence-corrected chi connectivity index (χ0v) is 11.9. The Morgan fingerprint density at radius 2 is 1.94 bits per heavy atom. The van der Waals surface area contributed by atoms with Crippen molar-refractivity contribution in [2.45, 2.75) is 46.5 Å². The van der Waals surface area contributed by atoms with E-state index >= 15 is 0 Å². The van der Waals surface area contributed by atoms with Crippen LogP contribution in [0.25, 0.3) is 0 Å². The zero-order chi connectivity index (χ0) is 14.3. The normalized spacial score (nSPS) is 10.3. The fourth-order valence-electron chi connectivity index (χ4n) is 1.37. The number of hydrazine groups is 1. The van der Waals surface area contributed by atoms with Crippen LogP contribution in [-0.4, -0.2) is 11.0 Å². The minimum atomic E-state index is -0.130. The number of para-hydroxylation sites is 1. The molecule has 1 amide bonds. The van der Waals surface area contributed by atoms with E-state index in [1.165, 1.54) is 0 Å². The van der Waals surface area contributed by atoms with Crippen molar-refractivity contribution in [3.8, 4) is 5.75 Å². The molecule has 0 radical (unpaired) electrons. The summed E-state index contributed by atoms with van der Waals surface area (Å²) in [6, 6.07) is 5.88. The van der Waals surface area contributed by atoms with E-state index < -0.39 is 0 Å². The molecule has 0 aliphatic rings. The number of benzene rings is 1. The Labute approximate surface area is 109 Å². The number of nitrogens with two attached hydrogens (primary N) is 1. The van der Waals surface area contributed by atoms with E-state index in [1.807, 2.05) is 30.5 Å². The summed E-state index contributed by atoms with van der Waals surface area (Å²) >= 11 is 0. The first-order valence-electron chi connectivity index (χ1n) is 6.02. The number of rotatable bonds is 1. The van der Waals surface area contributed by atoms with E-state index in [-0.39, 0.29) is 11.3 Å². The molecule has 0 saturated carbocycles. The predicted octanol–water partition coefficient (Wildman–Crippen LogP) is 2.38. The minimum absolute atomic E-state index is 0.0239. The van der Waals surface area contributed by atoms with Gasteiger partial charge in [-0.05, 0) is 23.5 Å². The summed E-state index contributed by atoms with van der Waals surface area (Å²) in [5.41, 5.74) is 3.96. The van der Waals surface area contributed by atoms with Gasteiger partial charge in [0.05, 0.1) is 0 Å². The zero-order valence-electron chi connectivity index (χ0n) is 11.9. The maximum Gasteiger partial charge on any atom is 0.233 e. The van der Waals surface area contributed by atoms with Gasteiger partial charge in [0.15, 0.2) is 0 Å². The van der Waals surface area contributed by atoms with Crippen LogP contribution >= 0.6 is 0 Å². The van der Waals surface area contributed by atoms with Crippen molar-refractivity contribution in [1.29, 1.82) is 0 Å². The van der Waals surface area contributed by atoms with Crippen molar-refractivity contribution in [3.05, 3.63) is 29.3 Å². The molecule has 1 rings (SSSR count). The predicted molar refractivity (Wildman–Crippen MR) is 74.2 cm³/mol. The number of carbonyl (C=O) groups excluding carboxylic acids is 1. The van der Waals surface area contributed by atoms with E-state index in [1.54, 1.807) is 6.92 Å². The first-order valence-corrected chi connectivity index (χ1v) is 6.02. The third kappa shape index (κ3) is 5.19. The number of phenolic OH excluding ortho intramolecular Hbond substituents is 1. The summed E-state index contributed by atoms with van der Waals surface area (Å²) in [6.45, 7) is 9.96. The number of aryl methyl sites for hydroxylation is 1. The van der Waals surface area contributed by atoms with Gasteiger partial charge < -0.3 is 5.11 Å². The molecule has 1 aromatic carbocycles. The van der Waals surface area contributed by atoms with Gasteiger partial charge in [0.25, 0.3) is 0 Å². The molecule has 0 spiro atoms. The van der Waals surface area contributed by atoms with Crippen LogP contribution in [0.1, 0.15) is 45.2 Å². The molecular weight excluding hydrogens is 228 g/mol. The standard InChI is InChI=1S/C11H16O.C3H8N2O/c1-8-6-5-7-9(10(8)12)11(2,3)4;1-2-3(6)5-4/h5-7,12H,1-4H3;2,4H2,1H3,(H,5,6). The largest absolute Gasteiger partial charge is 0.507 e. The lowest BCUT2D eigenvalue weighted by atomic mass is 9.85. The van der Waals surface area contributed by atoms with Gasteiger partial charge in [-0.25, -0.2) is 5.84 Å². The van der Waals surface area contributed by atoms with E-state index in [9.17, 15) is 9.90 Å². The number of hydrogen-bond donors (Lipinski definition) is 3. The molecule has 4 nitrogen and oxygen atoms in total. The summed E-state index contributed by atoms with van der Waals surface area (Å²) in [6.07, 6.45) is 0.455. The average Bonchev–Trinajstić information content (AvgIpc) is 2.31. The topological polar surface area (TPSA) is 75.4 Å². The molecule has 0 fully saturated rings. The highest BCUT2D eigenvalue weighted by Crippen LogP contribution is 2.32. The van der Waals surface area contributed by atoms with E-state index in [0.29, 0.717) is 12.2 Å². The average molecular weight is 252 g/mol. The fourth-order valence-corrected chi connectivity index (χ4v) is 1.37.